The molecule has 29 heavy (non-hydrogen) atoms. The molecule has 1 aromatic heterocycles. The zero-order chi connectivity index (χ0) is 20.2. The molecule has 7 nitrogen and oxygen atoms in total. The van der Waals surface area contributed by atoms with E-state index >= 15 is 0 Å². The Morgan fingerprint density at radius 1 is 0.966 bits per heavy atom. The van der Waals surface area contributed by atoms with Crippen LogP contribution in [-0.2, 0) is 0 Å². The third-order valence-corrected chi connectivity index (χ3v) is 5.52. The lowest BCUT2D eigenvalue weighted by atomic mass is 10.1. The lowest BCUT2D eigenvalue weighted by Gasteiger charge is -2.35. The average molecular weight is 396 g/mol. The molecule has 2 aliphatic heterocycles. The Morgan fingerprint density at radius 3 is 2.31 bits per heavy atom. The fourth-order valence-electron chi connectivity index (χ4n) is 3.94. The molecule has 0 radical (unpaired) electrons. The first-order chi connectivity index (χ1) is 14.1. The van der Waals surface area contributed by atoms with Gasteiger partial charge in [-0.15, -0.1) is 0 Å². The van der Waals surface area contributed by atoms with Gasteiger partial charge in [0, 0.05) is 56.6 Å². The van der Waals surface area contributed by atoms with Crippen LogP contribution in [0.2, 0.25) is 0 Å². The van der Waals surface area contributed by atoms with E-state index in [0.717, 1.165) is 49.4 Å². The van der Waals surface area contributed by atoms with Gasteiger partial charge in [-0.25, -0.2) is 4.98 Å². The van der Waals surface area contributed by atoms with E-state index in [1.54, 1.807) is 0 Å². The van der Waals surface area contributed by atoms with Crippen molar-refractivity contribution in [3.8, 4) is 5.75 Å². The molecule has 0 aliphatic carbocycles. The lowest BCUT2D eigenvalue weighted by Crippen LogP contribution is -2.49. The Balaban J connectivity index is 1.39. The number of rotatable bonds is 5. The minimum absolute atomic E-state index is 0.0734. The summed E-state index contributed by atoms with van der Waals surface area (Å²) in [4.78, 5) is 28.7. The van der Waals surface area contributed by atoms with Gasteiger partial charge in [-0.2, -0.15) is 4.98 Å². The van der Waals surface area contributed by atoms with Crippen molar-refractivity contribution >= 4 is 17.7 Å². The summed E-state index contributed by atoms with van der Waals surface area (Å²) < 4.78 is 5.46. The van der Waals surface area contributed by atoms with Gasteiger partial charge in [0.25, 0.3) is 5.91 Å². The maximum Gasteiger partial charge on any atom is 0.253 e. The Labute approximate surface area is 172 Å². The van der Waals surface area contributed by atoms with Crippen molar-refractivity contribution in [2.75, 3.05) is 55.7 Å². The minimum Gasteiger partial charge on any atom is -0.494 e. The van der Waals surface area contributed by atoms with E-state index < -0.39 is 0 Å². The highest BCUT2D eigenvalue weighted by Crippen LogP contribution is 2.22. The molecule has 1 aromatic carbocycles. The number of hydrogen-bond donors (Lipinski definition) is 0. The van der Waals surface area contributed by atoms with Crippen LogP contribution in [0.4, 0.5) is 11.8 Å². The summed E-state index contributed by atoms with van der Waals surface area (Å²) in [5, 5.41) is 0. The molecule has 0 N–H and O–H groups in total. The van der Waals surface area contributed by atoms with Gasteiger partial charge in [-0.05, 0) is 51.0 Å². The Kier molecular flexibility index (Phi) is 5.83. The second-order valence-electron chi connectivity index (χ2n) is 7.60. The Morgan fingerprint density at radius 2 is 1.66 bits per heavy atom. The predicted molar refractivity (Wildman–Crippen MR) is 114 cm³/mol. The molecule has 0 saturated carbocycles. The summed E-state index contributed by atoms with van der Waals surface area (Å²) >= 11 is 0. The van der Waals surface area contributed by atoms with Gasteiger partial charge >= 0.3 is 0 Å². The zero-order valence-electron chi connectivity index (χ0n) is 17.3. The van der Waals surface area contributed by atoms with Crippen LogP contribution in [0.25, 0.3) is 0 Å². The summed E-state index contributed by atoms with van der Waals surface area (Å²) in [6.07, 6.45) is 2.41. The molecule has 3 heterocycles. The minimum atomic E-state index is 0.0734. The molecule has 154 valence electrons. The average Bonchev–Trinajstić information content (AvgIpc) is 3.29. The number of aromatic nitrogens is 2. The molecule has 7 heteroatoms. The maximum atomic E-state index is 12.8. The third kappa shape index (κ3) is 4.44. The van der Waals surface area contributed by atoms with Crippen molar-refractivity contribution < 1.29 is 9.53 Å². The Bertz CT molecular complexity index is 841. The highest BCUT2D eigenvalue weighted by atomic mass is 16.5. The van der Waals surface area contributed by atoms with Gasteiger partial charge in [0.15, 0.2) is 0 Å². The van der Waals surface area contributed by atoms with Crippen molar-refractivity contribution in [3.63, 3.8) is 0 Å². The molecule has 4 rings (SSSR count). The first kappa shape index (κ1) is 19.5. The van der Waals surface area contributed by atoms with Crippen molar-refractivity contribution in [1.82, 2.24) is 14.9 Å². The van der Waals surface area contributed by atoms with Crippen molar-refractivity contribution in [2.45, 2.75) is 26.7 Å². The maximum absolute atomic E-state index is 12.8. The molecule has 2 aromatic rings. The summed E-state index contributed by atoms with van der Waals surface area (Å²) in [5.74, 6) is 2.67. The number of anilines is 2. The van der Waals surface area contributed by atoms with E-state index in [0.29, 0.717) is 25.3 Å². The van der Waals surface area contributed by atoms with E-state index in [1.807, 2.05) is 49.1 Å². The van der Waals surface area contributed by atoms with Crippen LogP contribution >= 0.6 is 0 Å². The molecule has 2 aliphatic rings. The van der Waals surface area contributed by atoms with Crippen LogP contribution in [0.5, 0.6) is 5.75 Å². The van der Waals surface area contributed by atoms with E-state index in [1.165, 1.54) is 12.8 Å². The third-order valence-electron chi connectivity index (χ3n) is 5.52. The van der Waals surface area contributed by atoms with Gasteiger partial charge in [0.1, 0.15) is 11.6 Å². The van der Waals surface area contributed by atoms with Crippen molar-refractivity contribution in [2.24, 2.45) is 0 Å². The zero-order valence-corrected chi connectivity index (χ0v) is 17.3. The highest BCUT2D eigenvalue weighted by molar-refractivity contribution is 5.94. The first-order valence-electron chi connectivity index (χ1n) is 10.5. The van der Waals surface area contributed by atoms with E-state index in [4.69, 9.17) is 9.72 Å². The summed E-state index contributed by atoms with van der Waals surface area (Å²) in [6, 6.07) is 9.45. The molecule has 0 spiro atoms. The topological polar surface area (TPSA) is 61.8 Å². The fraction of sp³-hybridized carbons (Fsp3) is 0.500. The summed E-state index contributed by atoms with van der Waals surface area (Å²) in [7, 11) is 0. The van der Waals surface area contributed by atoms with Gasteiger partial charge in [-0.1, -0.05) is 0 Å². The summed E-state index contributed by atoms with van der Waals surface area (Å²) in [6.45, 7) is 9.60. The van der Waals surface area contributed by atoms with Crippen LogP contribution in [0.3, 0.4) is 0 Å². The van der Waals surface area contributed by atoms with Crippen LogP contribution < -0.4 is 14.5 Å². The molecule has 0 unspecified atom stereocenters. The van der Waals surface area contributed by atoms with Gasteiger partial charge < -0.3 is 19.4 Å². The van der Waals surface area contributed by atoms with Gasteiger partial charge in [0.2, 0.25) is 5.95 Å². The molecule has 1 amide bonds. The quantitative estimate of drug-likeness (QED) is 0.776. The predicted octanol–water partition coefficient (Wildman–Crippen LogP) is 2.75. The number of carbonyl (C=O) groups is 1. The molecular weight excluding hydrogens is 366 g/mol. The second-order valence-corrected chi connectivity index (χ2v) is 7.60. The normalized spacial score (nSPS) is 17.0. The summed E-state index contributed by atoms with van der Waals surface area (Å²) in [5.41, 5.74) is 1.70. The van der Waals surface area contributed by atoms with Crippen LogP contribution in [0.1, 0.15) is 35.8 Å². The molecule has 0 atom stereocenters. The van der Waals surface area contributed by atoms with Crippen molar-refractivity contribution in [3.05, 3.63) is 41.6 Å². The second kappa shape index (κ2) is 8.68. The highest BCUT2D eigenvalue weighted by Gasteiger charge is 2.24. The number of ether oxygens (including phenoxy) is 1. The standard InChI is InChI=1S/C22H29N5O2/c1-3-29-19-8-6-18(7-9-19)21(28)26-14-12-25(13-15-26)20-16-17(2)23-22(24-20)27-10-4-5-11-27/h6-9,16H,3-5,10-15H2,1-2H3. The van der Waals surface area contributed by atoms with Crippen LogP contribution in [0, 0.1) is 6.92 Å². The number of piperazine rings is 1. The van der Waals surface area contributed by atoms with Crippen LogP contribution in [-0.4, -0.2) is 66.7 Å². The Hall–Kier alpha value is -2.83. The SMILES string of the molecule is CCOc1ccc(C(=O)N2CCN(c3cc(C)nc(N4CCCC4)n3)CC2)cc1. The van der Waals surface area contributed by atoms with E-state index in [9.17, 15) is 4.79 Å². The van der Waals surface area contributed by atoms with Crippen molar-refractivity contribution in [1.29, 1.82) is 0 Å². The number of nitrogens with zero attached hydrogens (tertiary/aromatic N) is 5. The molecule has 0 bridgehead atoms. The van der Waals surface area contributed by atoms with Gasteiger partial charge in [-0.3, -0.25) is 4.79 Å². The van der Waals surface area contributed by atoms with E-state index in [2.05, 4.69) is 14.8 Å². The molecular formula is C22H29N5O2. The number of benzene rings is 1. The smallest absolute Gasteiger partial charge is 0.253 e. The fourth-order valence-corrected chi connectivity index (χ4v) is 3.94. The number of carbonyl (C=O) groups excluding carboxylic acids is 1. The molecule has 2 saturated heterocycles. The van der Waals surface area contributed by atoms with Gasteiger partial charge in [0.05, 0.1) is 6.61 Å². The number of amides is 1. The first-order valence-corrected chi connectivity index (χ1v) is 10.5. The largest absolute Gasteiger partial charge is 0.494 e. The number of hydrogen-bond acceptors (Lipinski definition) is 6. The van der Waals surface area contributed by atoms with Crippen LogP contribution in [0.15, 0.2) is 30.3 Å². The monoisotopic (exact) mass is 395 g/mol. The van der Waals surface area contributed by atoms with E-state index in [-0.39, 0.29) is 5.91 Å². The lowest BCUT2D eigenvalue weighted by molar-refractivity contribution is 0.0746. The number of aryl methyl sites for hydroxylation is 1. The molecule has 2 fully saturated rings.